The van der Waals surface area contributed by atoms with Crippen LogP contribution in [-0.2, 0) is 4.79 Å². The Morgan fingerprint density at radius 2 is 2.11 bits per heavy atom. The Morgan fingerprint density at radius 1 is 1.42 bits per heavy atom. The quantitative estimate of drug-likeness (QED) is 0.665. The molecule has 1 rings (SSSR count). The average Bonchev–Trinajstić information content (AvgIpc) is 2.75. The number of carbonyl (C=O) groups is 1. The average molecular weight is 270 g/mol. The Balaban J connectivity index is 2.32. The fourth-order valence-corrected chi connectivity index (χ4v) is 3.08. The van der Waals surface area contributed by atoms with Gasteiger partial charge in [0.2, 0.25) is 0 Å². The van der Waals surface area contributed by atoms with Crippen LogP contribution in [0.2, 0.25) is 0 Å². The first-order valence-corrected chi connectivity index (χ1v) is 7.62. The number of likely N-dealkylation sites (tertiary alicyclic amines) is 1. The minimum atomic E-state index is -0.777. The SMILES string of the molecule is CCC1CCC(C)N1CCCCC(C)(NC)C(=O)O. The summed E-state index contributed by atoms with van der Waals surface area (Å²) in [6.45, 7) is 7.45. The zero-order chi connectivity index (χ0) is 14.5. The normalized spacial score (nSPS) is 27.4. The van der Waals surface area contributed by atoms with Gasteiger partial charge in [-0.15, -0.1) is 0 Å². The molecule has 2 N–H and O–H groups in total. The van der Waals surface area contributed by atoms with Gasteiger partial charge in [0.15, 0.2) is 0 Å². The number of hydrogen-bond acceptors (Lipinski definition) is 3. The molecule has 1 aliphatic heterocycles. The summed E-state index contributed by atoms with van der Waals surface area (Å²) < 4.78 is 0. The van der Waals surface area contributed by atoms with Crippen molar-refractivity contribution in [2.24, 2.45) is 0 Å². The molecule has 1 fully saturated rings. The molecule has 0 aromatic heterocycles. The van der Waals surface area contributed by atoms with Crippen molar-refractivity contribution in [1.29, 1.82) is 0 Å². The van der Waals surface area contributed by atoms with Crippen molar-refractivity contribution in [2.75, 3.05) is 13.6 Å². The molecule has 0 amide bonds. The lowest BCUT2D eigenvalue weighted by Crippen LogP contribution is -2.47. The molecule has 112 valence electrons. The van der Waals surface area contributed by atoms with Gasteiger partial charge in [0.05, 0.1) is 0 Å². The van der Waals surface area contributed by atoms with Crippen molar-refractivity contribution < 1.29 is 9.90 Å². The van der Waals surface area contributed by atoms with Crippen LogP contribution in [0, 0.1) is 0 Å². The number of unbranched alkanes of at least 4 members (excludes halogenated alkanes) is 1. The highest BCUT2D eigenvalue weighted by Crippen LogP contribution is 2.26. The smallest absolute Gasteiger partial charge is 0.323 e. The van der Waals surface area contributed by atoms with Crippen molar-refractivity contribution in [2.45, 2.75) is 76.9 Å². The van der Waals surface area contributed by atoms with Gasteiger partial charge in [-0.3, -0.25) is 9.69 Å². The summed E-state index contributed by atoms with van der Waals surface area (Å²) in [6, 6.07) is 1.44. The highest BCUT2D eigenvalue weighted by Gasteiger charge is 2.31. The van der Waals surface area contributed by atoms with Gasteiger partial charge in [-0.1, -0.05) is 6.92 Å². The number of nitrogens with zero attached hydrogens (tertiary/aromatic N) is 1. The van der Waals surface area contributed by atoms with Gasteiger partial charge in [0, 0.05) is 12.1 Å². The summed E-state index contributed by atoms with van der Waals surface area (Å²) in [7, 11) is 1.73. The Labute approximate surface area is 117 Å². The maximum absolute atomic E-state index is 11.2. The van der Waals surface area contributed by atoms with E-state index >= 15 is 0 Å². The fourth-order valence-electron chi connectivity index (χ4n) is 3.08. The number of rotatable bonds is 8. The van der Waals surface area contributed by atoms with E-state index in [1.807, 2.05) is 0 Å². The summed E-state index contributed by atoms with van der Waals surface area (Å²) in [5.41, 5.74) is -0.777. The van der Waals surface area contributed by atoms with Crippen LogP contribution in [0.5, 0.6) is 0 Å². The van der Waals surface area contributed by atoms with E-state index in [2.05, 4.69) is 24.1 Å². The van der Waals surface area contributed by atoms with Gasteiger partial charge in [-0.05, 0) is 66.0 Å². The van der Waals surface area contributed by atoms with Gasteiger partial charge < -0.3 is 10.4 Å². The number of aliphatic carboxylic acids is 1. The standard InChI is InChI=1S/C15H30N2O2/c1-5-13-9-8-12(2)17(13)11-7-6-10-15(3,16-4)14(18)19/h12-13,16H,5-11H2,1-4H3,(H,18,19). The molecule has 0 radical (unpaired) electrons. The van der Waals surface area contributed by atoms with E-state index < -0.39 is 11.5 Å². The molecule has 1 heterocycles. The Morgan fingerprint density at radius 3 is 2.63 bits per heavy atom. The first kappa shape index (κ1) is 16.4. The summed E-state index contributed by atoms with van der Waals surface area (Å²) >= 11 is 0. The molecule has 0 spiro atoms. The van der Waals surface area contributed by atoms with Crippen LogP contribution in [0.25, 0.3) is 0 Å². The van der Waals surface area contributed by atoms with Gasteiger partial charge in [0.25, 0.3) is 0 Å². The lowest BCUT2D eigenvalue weighted by Gasteiger charge is -2.28. The van der Waals surface area contributed by atoms with Gasteiger partial charge in [0.1, 0.15) is 5.54 Å². The largest absolute Gasteiger partial charge is 0.480 e. The molecule has 0 aromatic carbocycles. The molecule has 1 aliphatic rings. The number of carboxylic acids is 1. The van der Waals surface area contributed by atoms with Crippen LogP contribution >= 0.6 is 0 Å². The maximum Gasteiger partial charge on any atom is 0.323 e. The second-order valence-electron chi connectivity index (χ2n) is 6.07. The lowest BCUT2D eigenvalue weighted by molar-refractivity contribution is -0.144. The number of hydrogen-bond donors (Lipinski definition) is 2. The molecule has 0 aromatic rings. The third-order valence-corrected chi connectivity index (χ3v) is 4.79. The molecule has 3 atom stereocenters. The monoisotopic (exact) mass is 270 g/mol. The zero-order valence-electron chi connectivity index (χ0n) is 12.9. The number of nitrogens with one attached hydrogen (secondary N) is 1. The predicted molar refractivity (Wildman–Crippen MR) is 78.4 cm³/mol. The highest BCUT2D eigenvalue weighted by molar-refractivity contribution is 5.78. The van der Waals surface area contributed by atoms with Crippen molar-refractivity contribution in [3.05, 3.63) is 0 Å². The molecule has 4 heteroatoms. The summed E-state index contributed by atoms with van der Waals surface area (Å²) in [4.78, 5) is 13.8. The topological polar surface area (TPSA) is 52.6 Å². The molecular weight excluding hydrogens is 240 g/mol. The van der Waals surface area contributed by atoms with Crippen LogP contribution in [-0.4, -0.2) is 47.2 Å². The Hall–Kier alpha value is -0.610. The molecule has 0 saturated carbocycles. The third-order valence-electron chi connectivity index (χ3n) is 4.79. The predicted octanol–water partition coefficient (Wildman–Crippen LogP) is 2.48. The van der Waals surface area contributed by atoms with Crippen molar-refractivity contribution in [1.82, 2.24) is 10.2 Å². The van der Waals surface area contributed by atoms with Crippen molar-refractivity contribution in [3.63, 3.8) is 0 Å². The van der Waals surface area contributed by atoms with E-state index in [0.29, 0.717) is 12.5 Å². The zero-order valence-corrected chi connectivity index (χ0v) is 12.9. The van der Waals surface area contributed by atoms with Crippen molar-refractivity contribution >= 4 is 5.97 Å². The third kappa shape index (κ3) is 4.18. The Kier molecular flexibility index (Phi) is 6.27. The number of carboxylic acid groups (broad SMARTS) is 1. The highest BCUT2D eigenvalue weighted by atomic mass is 16.4. The van der Waals surface area contributed by atoms with E-state index in [-0.39, 0.29) is 0 Å². The molecule has 4 nitrogen and oxygen atoms in total. The first-order valence-electron chi connectivity index (χ1n) is 7.62. The molecule has 3 unspecified atom stereocenters. The van der Waals surface area contributed by atoms with Crippen LogP contribution in [0.1, 0.15) is 59.3 Å². The van der Waals surface area contributed by atoms with Crippen LogP contribution < -0.4 is 5.32 Å². The minimum Gasteiger partial charge on any atom is -0.480 e. The number of likely N-dealkylation sites (N-methyl/N-ethyl adjacent to an activating group) is 1. The summed E-state index contributed by atoms with van der Waals surface area (Å²) in [5.74, 6) is -0.754. The summed E-state index contributed by atoms with van der Waals surface area (Å²) in [6.07, 6.45) is 6.60. The minimum absolute atomic E-state index is 0.692. The van der Waals surface area contributed by atoms with Gasteiger partial charge in [-0.2, -0.15) is 0 Å². The van der Waals surface area contributed by atoms with E-state index in [0.717, 1.165) is 25.4 Å². The van der Waals surface area contributed by atoms with E-state index in [9.17, 15) is 9.90 Å². The lowest BCUT2D eigenvalue weighted by atomic mass is 9.95. The summed E-state index contributed by atoms with van der Waals surface area (Å²) in [5, 5.41) is 12.1. The van der Waals surface area contributed by atoms with E-state index in [1.165, 1.54) is 19.3 Å². The molecule has 0 aliphatic carbocycles. The molecular formula is C15H30N2O2. The fraction of sp³-hybridized carbons (Fsp3) is 0.933. The maximum atomic E-state index is 11.2. The second-order valence-corrected chi connectivity index (χ2v) is 6.07. The Bertz CT molecular complexity index is 296. The molecule has 0 bridgehead atoms. The van der Waals surface area contributed by atoms with Crippen LogP contribution in [0.3, 0.4) is 0 Å². The van der Waals surface area contributed by atoms with Gasteiger partial charge in [-0.25, -0.2) is 0 Å². The van der Waals surface area contributed by atoms with Crippen LogP contribution in [0.4, 0.5) is 0 Å². The first-order chi connectivity index (χ1) is 8.94. The van der Waals surface area contributed by atoms with Gasteiger partial charge >= 0.3 is 5.97 Å². The van der Waals surface area contributed by atoms with E-state index in [1.54, 1.807) is 14.0 Å². The van der Waals surface area contributed by atoms with Crippen LogP contribution in [0.15, 0.2) is 0 Å². The molecule has 1 saturated heterocycles. The van der Waals surface area contributed by atoms with E-state index in [4.69, 9.17) is 0 Å². The second kappa shape index (κ2) is 7.25. The van der Waals surface area contributed by atoms with Crippen molar-refractivity contribution in [3.8, 4) is 0 Å². The molecule has 19 heavy (non-hydrogen) atoms.